The van der Waals surface area contributed by atoms with Crippen molar-refractivity contribution >= 4 is 5.91 Å². The van der Waals surface area contributed by atoms with E-state index in [0.29, 0.717) is 5.41 Å². The number of likely N-dealkylation sites (tertiary alicyclic amines) is 2. The number of rotatable bonds is 1. The van der Waals surface area contributed by atoms with E-state index < -0.39 is 0 Å². The molecule has 2 rings (SSSR count). The highest BCUT2D eigenvalue weighted by Crippen LogP contribution is 2.38. The topological polar surface area (TPSA) is 23.6 Å². The maximum Gasteiger partial charge on any atom is 0.245 e. The third-order valence-electron chi connectivity index (χ3n) is 3.14. The van der Waals surface area contributed by atoms with Gasteiger partial charge in [0.2, 0.25) is 5.91 Å². The molecule has 0 aromatic carbocycles. The highest BCUT2D eigenvalue weighted by Gasteiger charge is 2.46. The minimum absolute atomic E-state index is 0.0893. The van der Waals surface area contributed by atoms with E-state index in [9.17, 15) is 4.79 Å². The highest BCUT2D eigenvalue weighted by molar-refractivity contribution is 5.87. The molecule has 0 bridgehead atoms. The average Bonchev–Trinajstić information content (AvgIpc) is 2.47. The Morgan fingerprint density at radius 1 is 1.46 bits per heavy atom. The molecule has 0 aromatic rings. The van der Waals surface area contributed by atoms with Crippen molar-refractivity contribution in [3.05, 3.63) is 12.7 Å². The van der Waals surface area contributed by atoms with Crippen molar-refractivity contribution < 1.29 is 4.79 Å². The van der Waals surface area contributed by atoms with Crippen LogP contribution in [0.4, 0.5) is 0 Å². The lowest BCUT2D eigenvalue weighted by Crippen LogP contribution is -2.55. The first-order valence-corrected chi connectivity index (χ1v) is 4.75. The summed E-state index contributed by atoms with van der Waals surface area (Å²) in [7, 11) is 2.13. The number of hydrogen-bond acceptors (Lipinski definition) is 2. The lowest BCUT2D eigenvalue weighted by molar-refractivity contribution is -0.126. The van der Waals surface area contributed by atoms with Crippen LogP contribution in [0.2, 0.25) is 0 Å². The van der Waals surface area contributed by atoms with E-state index >= 15 is 0 Å². The summed E-state index contributed by atoms with van der Waals surface area (Å²) in [5.74, 6) is 0.0893. The quantitative estimate of drug-likeness (QED) is 0.543. The van der Waals surface area contributed by atoms with Gasteiger partial charge in [-0.3, -0.25) is 4.79 Å². The van der Waals surface area contributed by atoms with Gasteiger partial charge in [0.15, 0.2) is 0 Å². The first-order chi connectivity index (χ1) is 6.15. The lowest BCUT2D eigenvalue weighted by atomic mass is 9.79. The first-order valence-electron chi connectivity index (χ1n) is 4.75. The van der Waals surface area contributed by atoms with Gasteiger partial charge in [0.05, 0.1) is 0 Å². The summed E-state index contributed by atoms with van der Waals surface area (Å²) in [5.41, 5.74) is 0.424. The molecule has 0 radical (unpaired) electrons. The molecular weight excluding hydrogens is 164 g/mol. The zero-order valence-electron chi connectivity index (χ0n) is 8.12. The Labute approximate surface area is 79.0 Å². The molecule has 0 saturated carbocycles. The molecule has 0 aromatic heterocycles. The van der Waals surface area contributed by atoms with E-state index in [-0.39, 0.29) is 5.91 Å². The SMILES string of the molecule is C=CC(=O)N1CCC2(CN(C)C2)C1. The Morgan fingerprint density at radius 2 is 2.15 bits per heavy atom. The van der Waals surface area contributed by atoms with Crippen LogP contribution in [0.3, 0.4) is 0 Å². The molecule has 0 aliphatic carbocycles. The van der Waals surface area contributed by atoms with Crippen LogP contribution in [-0.2, 0) is 4.79 Å². The van der Waals surface area contributed by atoms with Gasteiger partial charge in [-0.2, -0.15) is 0 Å². The Bertz CT molecular complexity index is 243. The van der Waals surface area contributed by atoms with Gasteiger partial charge in [0.25, 0.3) is 0 Å². The molecule has 3 nitrogen and oxygen atoms in total. The van der Waals surface area contributed by atoms with Gasteiger partial charge in [-0.25, -0.2) is 0 Å². The zero-order valence-corrected chi connectivity index (χ0v) is 8.12. The fraction of sp³-hybridized carbons (Fsp3) is 0.700. The van der Waals surface area contributed by atoms with E-state index in [2.05, 4.69) is 18.5 Å². The number of hydrogen-bond donors (Lipinski definition) is 0. The van der Waals surface area contributed by atoms with Crippen LogP contribution in [0.15, 0.2) is 12.7 Å². The highest BCUT2D eigenvalue weighted by atomic mass is 16.2. The predicted molar refractivity (Wildman–Crippen MR) is 51.3 cm³/mol. The molecule has 13 heavy (non-hydrogen) atoms. The second kappa shape index (κ2) is 2.84. The molecule has 2 heterocycles. The Kier molecular flexibility index (Phi) is 1.91. The van der Waals surface area contributed by atoms with Gasteiger partial charge >= 0.3 is 0 Å². The molecule has 1 spiro atoms. The van der Waals surface area contributed by atoms with Crippen LogP contribution in [0.1, 0.15) is 6.42 Å². The van der Waals surface area contributed by atoms with Gasteiger partial charge in [-0.05, 0) is 19.5 Å². The Hall–Kier alpha value is -0.830. The van der Waals surface area contributed by atoms with Crippen molar-refractivity contribution in [2.24, 2.45) is 5.41 Å². The van der Waals surface area contributed by atoms with Crippen LogP contribution in [0.5, 0.6) is 0 Å². The van der Waals surface area contributed by atoms with Gasteiger partial charge in [0.1, 0.15) is 0 Å². The van der Waals surface area contributed by atoms with Crippen molar-refractivity contribution in [2.45, 2.75) is 6.42 Å². The van der Waals surface area contributed by atoms with E-state index in [4.69, 9.17) is 0 Å². The molecule has 0 N–H and O–H groups in total. The average molecular weight is 180 g/mol. The van der Waals surface area contributed by atoms with E-state index in [1.165, 1.54) is 6.08 Å². The van der Waals surface area contributed by atoms with Crippen molar-refractivity contribution in [3.63, 3.8) is 0 Å². The lowest BCUT2D eigenvalue weighted by Gasteiger charge is -2.46. The van der Waals surface area contributed by atoms with E-state index in [0.717, 1.165) is 32.6 Å². The molecule has 2 aliphatic heterocycles. The van der Waals surface area contributed by atoms with Gasteiger partial charge < -0.3 is 9.80 Å². The third-order valence-corrected chi connectivity index (χ3v) is 3.14. The standard InChI is InChI=1S/C10H16N2O/c1-3-9(13)12-5-4-10(8-12)6-11(2)7-10/h3H,1,4-8H2,2H3. The fourth-order valence-corrected chi connectivity index (χ4v) is 2.61. The predicted octanol–water partition coefficient (Wildman–Crippen LogP) is 0.337. The molecule has 0 atom stereocenters. The van der Waals surface area contributed by atoms with Gasteiger partial charge in [0, 0.05) is 31.6 Å². The van der Waals surface area contributed by atoms with Crippen LogP contribution >= 0.6 is 0 Å². The smallest absolute Gasteiger partial charge is 0.245 e. The second-order valence-electron chi connectivity index (χ2n) is 4.39. The summed E-state index contributed by atoms with van der Waals surface area (Å²) in [6.45, 7) is 7.65. The van der Waals surface area contributed by atoms with Crippen molar-refractivity contribution in [2.75, 3.05) is 33.2 Å². The van der Waals surface area contributed by atoms with Crippen LogP contribution in [0, 0.1) is 5.41 Å². The largest absolute Gasteiger partial charge is 0.339 e. The first kappa shape index (κ1) is 8.75. The monoisotopic (exact) mass is 180 g/mol. The molecule has 3 heteroatoms. The summed E-state index contributed by atoms with van der Waals surface area (Å²) in [6.07, 6.45) is 2.58. The molecular formula is C10H16N2O. The van der Waals surface area contributed by atoms with Crippen molar-refractivity contribution in [1.82, 2.24) is 9.80 Å². The molecule has 2 fully saturated rings. The summed E-state index contributed by atoms with van der Waals surface area (Å²) in [4.78, 5) is 15.5. The van der Waals surface area contributed by atoms with E-state index in [1.807, 2.05) is 4.90 Å². The molecule has 72 valence electrons. The zero-order chi connectivity index (χ0) is 9.47. The Morgan fingerprint density at radius 3 is 2.69 bits per heavy atom. The molecule has 2 saturated heterocycles. The number of nitrogens with zero attached hydrogens (tertiary/aromatic N) is 2. The normalized spacial score (nSPS) is 26.1. The summed E-state index contributed by atoms with van der Waals surface area (Å²) < 4.78 is 0. The van der Waals surface area contributed by atoms with Crippen molar-refractivity contribution in [1.29, 1.82) is 0 Å². The van der Waals surface area contributed by atoms with Crippen LogP contribution < -0.4 is 0 Å². The maximum atomic E-state index is 11.3. The van der Waals surface area contributed by atoms with Crippen molar-refractivity contribution in [3.8, 4) is 0 Å². The Balaban J connectivity index is 1.95. The van der Waals surface area contributed by atoms with Crippen LogP contribution in [0.25, 0.3) is 0 Å². The van der Waals surface area contributed by atoms with Gasteiger partial charge in [-0.15, -0.1) is 0 Å². The number of amides is 1. The van der Waals surface area contributed by atoms with Gasteiger partial charge in [-0.1, -0.05) is 6.58 Å². The summed E-state index contributed by atoms with van der Waals surface area (Å²) in [6, 6.07) is 0. The third kappa shape index (κ3) is 1.37. The summed E-state index contributed by atoms with van der Waals surface area (Å²) >= 11 is 0. The number of carbonyl (C=O) groups excluding carboxylic acids is 1. The molecule has 0 unspecified atom stereocenters. The van der Waals surface area contributed by atoms with E-state index in [1.54, 1.807) is 0 Å². The minimum atomic E-state index is 0.0893. The molecule has 1 amide bonds. The second-order valence-corrected chi connectivity index (χ2v) is 4.39. The minimum Gasteiger partial charge on any atom is -0.339 e. The number of carbonyl (C=O) groups is 1. The maximum absolute atomic E-state index is 11.3. The van der Waals surface area contributed by atoms with Crippen LogP contribution in [-0.4, -0.2) is 48.9 Å². The molecule has 2 aliphatic rings. The summed E-state index contributed by atoms with van der Waals surface area (Å²) in [5, 5.41) is 0. The fourth-order valence-electron chi connectivity index (χ4n) is 2.61.